The third kappa shape index (κ3) is 3.36. The SMILES string of the molecule is C=CC(C)Oc1cc(Br)ccc1[C@H](C)N. The van der Waals surface area contributed by atoms with Gasteiger partial charge in [0.25, 0.3) is 0 Å². The van der Waals surface area contributed by atoms with E-state index in [4.69, 9.17) is 10.5 Å². The molecule has 2 nitrogen and oxygen atoms in total. The summed E-state index contributed by atoms with van der Waals surface area (Å²) in [6.07, 6.45) is 1.74. The minimum absolute atomic E-state index is 0.0169. The highest BCUT2D eigenvalue weighted by atomic mass is 79.9. The third-order valence-electron chi connectivity index (χ3n) is 2.11. The molecule has 1 unspecified atom stereocenters. The van der Waals surface area contributed by atoms with Crippen molar-refractivity contribution in [3.63, 3.8) is 0 Å². The van der Waals surface area contributed by atoms with E-state index in [-0.39, 0.29) is 12.1 Å². The van der Waals surface area contributed by atoms with E-state index in [2.05, 4.69) is 22.5 Å². The molecule has 0 saturated heterocycles. The Bertz CT molecular complexity index is 349. The van der Waals surface area contributed by atoms with Crippen LogP contribution in [0.2, 0.25) is 0 Å². The highest BCUT2D eigenvalue weighted by Gasteiger charge is 2.10. The Balaban J connectivity index is 3.01. The largest absolute Gasteiger partial charge is 0.486 e. The minimum Gasteiger partial charge on any atom is -0.486 e. The van der Waals surface area contributed by atoms with Crippen molar-refractivity contribution in [3.05, 3.63) is 40.9 Å². The second-order valence-corrected chi connectivity index (χ2v) is 4.45. The van der Waals surface area contributed by atoms with Crippen LogP contribution in [-0.4, -0.2) is 6.10 Å². The van der Waals surface area contributed by atoms with Crippen molar-refractivity contribution in [2.75, 3.05) is 0 Å². The van der Waals surface area contributed by atoms with E-state index in [1.165, 1.54) is 0 Å². The fourth-order valence-corrected chi connectivity index (χ4v) is 1.57. The zero-order valence-electron chi connectivity index (χ0n) is 9.03. The highest BCUT2D eigenvalue weighted by molar-refractivity contribution is 9.10. The van der Waals surface area contributed by atoms with Crippen LogP contribution in [0.5, 0.6) is 5.75 Å². The molecule has 0 radical (unpaired) electrons. The number of rotatable bonds is 4. The van der Waals surface area contributed by atoms with Crippen molar-refractivity contribution in [2.45, 2.75) is 26.0 Å². The molecule has 0 spiro atoms. The van der Waals surface area contributed by atoms with E-state index in [0.29, 0.717) is 0 Å². The molecule has 1 aromatic carbocycles. The van der Waals surface area contributed by atoms with Gasteiger partial charge in [0.2, 0.25) is 0 Å². The summed E-state index contributed by atoms with van der Waals surface area (Å²) in [7, 11) is 0. The van der Waals surface area contributed by atoms with E-state index >= 15 is 0 Å². The van der Waals surface area contributed by atoms with E-state index in [1.54, 1.807) is 6.08 Å². The lowest BCUT2D eigenvalue weighted by Gasteiger charge is -2.17. The van der Waals surface area contributed by atoms with Crippen LogP contribution in [0.25, 0.3) is 0 Å². The van der Waals surface area contributed by atoms with E-state index in [9.17, 15) is 0 Å². The summed E-state index contributed by atoms with van der Waals surface area (Å²) in [4.78, 5) is 0. The molecule has 0 heterocycles. The lowest BCUT2D eigenvalue weighted by molar-refractivity contribution is 0.266. The van der Waals surface area contributed by atoms with Gasteiger partial charge in [0.15, 0.2) is 0 Å². The predicted molar refractivity (Wildman–Crippen MR) is 67.0 cm³/mol. The first-order chi connectivity index (χ1) is 7.04. The summed E-state index contributed by atoms with van der Waals surface area (Å²) in [6, 6.07) is 5.83. The van der Waals surface area contributed by atoms with Crippen molar-refractivity contribution < 1.29 is 4.74 Å². The number of ether oxygens (including phenoxy) is 1. The van der Waals surface area contributed by atoms with Crippen LogP contribution in [-0.2, 0) is 0 Å². The Morgan fingerprint density at radius 2 is 2.13 bits per heavy atom. The summed E-state index contributed by atoms with van der Waals surface area (Å²) in [5.41, 5.74) is 6.87. The van der Waals surface area contributed by atoms with Crippen molar-refractivity contribution >= 4 is 15.9 Å². The summed E-state index contributed by atoms with van der Waals surface area (Å²) in [5, 5.41) is 0. The lowest BCUT2D eigenvalue weighted by Crippen LogP contribution is -2.12. The molecule has 0 amide bonds. The lowest BCUT2D eigenvalue weighted by atomic mass is 10.1. The smallest absolute Gasteiger partial charge is 0.126 e. The number of halogens is 1. The summed E-state index contributed by atoms with van der Waals surface area (Å²) < 4.78 is 6.69. The Morgan fingerprint density at radius 3 is 2.67 bits per heavy atom. The average molecular weight is 270 g/mol. The number of hydrogen-bond donors (Lipinski definition) is 1. The third-order valence-corrected chi connectivity index (χ3v) is 2.60. The van der Waals surface area contributed by atoms with Crippen molar-refractivity contribution in [1.82, 2.24) is 0 Å². The van der Waals surface area contributed by atoms with Crippen LogP contribution in [0.4, 0.5) is 0 Å². The molecular weight excluding hydrogens is 254 g/mol. The summed E-state index contributed by atoms with van der Waals surface area (Å²) in [6.45, 7) is 7.57. The van der Waals surface area contributed by atoms with Gasteiger partial charge in [-0.05, 0) is 26.0 Å². The molecule has 0 aromatic heterocycles. The standard InChI is InChI=1S/C12H16BrNO/c1-4-8(2)15-12-7-10(13)5-6-11(12)9(3)14/h4-9H,1,14H2,2-3H3/t8?,9-/m0/s1. The normalized spacial score (nSPS) is 14.4. The first kappa shape index (κ1) is 12.3. The Kier molecular flexibility index (Phi) is 4.36. The van der Waals surface area contributed by atoms with Crippen molar-refractivity contribution in [2.24, 2.45) is 5.73 Å². The molecule has 3 heteroatoms. The fourth-order valence-electron chi connectivity index (χ4n) is 1.23. The molecule has 1 aromatic rings. The van der Waals surface area contributed by atoms with Gasteiger partial charge in [-0.1, -0.05) is 34.7 Å². The topological polar surface area (TPSA) is 35.2 Å². The minimum atomic E-state index is -0.0369. The molecular formula is C12H16BrNO. The monoisotopic (exact) mass is 269 g/mol. The van der Waals surface area contributed by atoms with Crippen molar-refractivity contribution in [3.8, 4) is 5.75 Å². The molecule has 0 fully saturated rings. The van der Waals surface area contributed by atoms with Gasteiger partial charge in [-0.2, -0.15) is 0 Å². The average Bonchev–Trinajstić information content (AvgIpc) is 2.17. The van der Waals surface area contributed by atoms with Gasteiger partial charge in [0.1, 0.15) is 11.9 Å². The van der Waals surface area contributed by atoms with Gasteiger partial charge in [-0.25, -0.2) is 0 Å². The van der Waals surface area contributed by atoms with Crippen LogP contribution >= 0.6 is 15.9 Å². The molecule has 0 saturated carbocycles. The van der Waals surface area contributed by atoms with Crippen molar-refractivity contribution in [1.29, 1.82) is 0 Å². The molecule has 1 rings (SSSR count). The summed E-state index contributed by atoms with van der Waals surface area (Å²) >= 11 is 3.41. The number of benzene rings is 1. The molecule has 0 aliphatic carbocycles. The van der Waals surface area contributed by atoms with E-state index in [1.807, 2.05) is 32.0 Å². The fraction of sp³-hybridized carbons (Fsp3) is 0.333. The van der Waals surface area contributed by atoms with Gasteiger partial charge >= 0.3 is 0 Å². The van der Waals surface area contributed by atoms with Crippen LogP contribution < -0.4 is 10.5 Å². The first-order valence-electron chi connectivity index (χ1n) is 4.89. The Hall–Kier alpha value is -0.800. The maximum Gasteiger partial charge on any atom is 0.126 e. The van der Waals surface area contributed by atoms with Gasteiger partial charge in [-0.15, -0.1) is 0 Å². The van der Waals surface area contributed by atoms with E-state index < -0.39 is 0 Å². The van der Waals surface area contributed by atoms with Crippen LogP contribution in [0.15, 0.2) is 35.3 Å². The van der Waals surface area contributed by atoms with Gasteiger partial charge < -0.3 is 10.5 Å². The second kappa shape index (κ2) is 5.33. The second-order valence-electron chi connectivity index (χ2n) is 3.53. The van der Waals surface area contributed by atoms with Crippen LogP contribution in [0.1, 0.15) is 25.5 Å². The predicted octanol–water partition coefficient (Wildman–Crippen LogP) is 3.42. The summed E-state index contributed by atoms with van der Waals surface area (Å²) in [5.74, 6) is 0.812. The maximum absolute atomic E-state index is 5.86. The molecule has 2 N–H and O–H groups in total. The molecule has 0 bridgehead atoms. The number of nitrogens with two attached hydrogens (primary N) is 1. The molecule has 15 heavy (non-hydrogen) atoms. The quantitative estimate of drug-likeness (QED) is 0.851. The molecule has 0 aliphatic rings. The van der Waals surface area contributed by atoms with Gasteiger partial charge in [0, 0.05) is 16.1 Å². The molecule has 82 valence electrons. The van der Waals surface area contributed by atoms with E-state index in [0.717, 1.165) is 15.8 Å². The Labute approximate surface area is 99.3 Å². The van der Waals surface area contributed by atoms with Gasteiger partial charge in [-0.3, -0.25) is 0 Å². The van der Waals surface area contributed by atoms with Crippen LogP contribution in [0, 0.1) is 0 Å². The zero-order chi connectivity index (χ0) is 11.4. The maximum atomic E-state index is 5.86. The van der Waals surface area contributed by atoms with Gasteiger partial charge in [0.05, 0.1) is 0 Å². The first-order valence-corrected chi connectivity index (χ1v) is 5.68. The number of hydrogen-bond acceptors (Lipinski definition) is 2. The zero-order valence-corrected chi connectivity index (χ0v) is 10.6. The molecule has 2 atom stereocenters. The Morgan fingerprint density at radius 1 is 1.47 bits per heavy atom. The highest BCUT2D eigenvalue weighted by Crippen LogP contribution is 2.28. The van der Waals surface area contributed by atoms with Crippen LogP contribution in [0.3, 0.4) is 0 Å². The molecule has 0 aliphatic heterocycles.